The van der Waals surface area contributed by atoms with E-state index in [-0.39, 0.29) is 5.91 Å². The fraction of sp³-hybridized carbons (Fsp3) is 0.385. The average Bonchev–Trinajstić information content (AvgIpc) is 3.28. The Kier molecular flexibility index (Phi) is 5.19. The Morgan fingerprint density at radius 1 is 1.09 bits per heavy atom. The molecule has 8 heteroatoms. The van der Waals surface area contributed by atoms with Gasteiger partial charge in [-0.25, -0.2) is 4.79 Å². The van der Waals surface area contributed by atoms with Crippen LogP contribution in [0.5, 0.6) is 0 Å². The molecule has 8 nitrogen and oxygen atoms in total. The van der Waals surface area contributed by atoms with Crippen LogP contribution in [0.15, 0.2) is 36.4 Å². The van der Waals surface area contributed by atoms with Crippen molar-refractivity contribution in [3.8, 4) is 0 Å². The third kappa shape index (κ3) is 3.54. The molecule has 2 saturated heterocycles. The van der Waals surface area contributed by atoms with E-state index >= 15 is 0 Å². The smallest absolute Gasteiger partial charge is 0.322 e. The normalized spacial score (nSPS) is 21.1. The first-order chi connectivity index (χ1) is 16.2. The second kappa shape index (κ2) is 7.97. The third-order valence-corrected chi connectivity index (χ3v) is 7.24. The number of urea groups is 1. The summed E-state index contributed by atoms with van der Waals surface area (Å²) in [5.74, 6) is -0.0974. The molecule has 0 aliphatic carbocycles. The van der Waals surface area contributed by atoms with Crippen LogP contribution in [0.4, 0.5) is 4.79 Å². The lowest BCUT2D eigenvalue weighted by molar-refractivity contribution is -0.123. The van der Waals surface area contributed by atoms with E-state index in [1.165, 1.54) is 16.5 Å². The highest BCUT2D eigenvalue weighted by molar-refractivity contribution is 6.07. The van der Waals surface area contributed by atoms with Crippen molar-refractivity contribution >= 4 is 28.7 Å². The number of piperidine rings is 1. The summed E-state index contributed by atoms with van der Waals surface area (Å²) >= 11 is 0. The van der Waals surface area contributed by atoms with E-state index < -0.39 is 17.5 Å². The van der Waals surface area contributed by atoms with Crippen LogP contribution in [0, 0.1) is 13.8 Å². The topological polar surface area (TPSA) is 96.3 Å². The van der Waals surface area contributed by atoms with Gasteiger partial charge in [-0.2, -0.15) is 5.10 Å². The number of carbonyl (C=O) groups is 3. The highest BCUT2D eigenvalue weighted by Crippen LogP contribution is 2.35. The Bertz CT molecular complexity index is 1320. The number of nitrogens with one attached hydrogen (secondary N) is 2. The number of hydrogen-bond acceptors (Lipinski definition) is 4. The van der Waals surface area contributed by atoms with Gasteiger partial charge in [-0.1, -0.05) is 18.2 Å². The molecule has 0 unspecified atom stereocenters. The van der Waals surface area contributed by atoms with Crippen LogP contribution >= 0.6 is 0 Å². The van der Waals surface area contributed by atoms with Crippen molar-refractivity contribution < 1.29 is 14.4 Å². The number of aromatic nitrogens is 2. The first kappa shape index (κ1) is 22.1. The predicted octanol–water partition coefficient (Wildman–Crippen LogP) is 3.26. The first-order valence-electron chi connectivity index (χ1n) is 11.6. The molecule has 1 atom stereocenters. The van der Waals surface area contributed by atoms with Crippen molar-refractivity contribution in [3.05, 3.63) is 64.3 Å². The van der Waals surface area contributed by atoms with Crippen molar-refractivity contribution in [2.45, 2.75) is 45.1 Å². The molecule has 34 heavy (non-hydrogen) atoms. The number of imide groups is 1. The lowest BCUT2D eigenvalue weighted by Crippen LogP contribution is -2.40. The van der Waals surface area contributed by atoms with Crippen molar-refractivity contribution in [2.24, 2.45) is 7.05 Å². The number of aryl methyl sites for hydroxylation is 3. The van der Waals surface area contributed by atoms with Gasteiger partial charge >= 0.3 is 6.03 Å². The van der Waals surface area contributed by atoms with Crippen LogP contribution in [0.3, 0.4) is 0 Å². The first-order valence-corrected chi connectivity index (χ1v) is 11.6. The number of benzene rings is 2. The molecular weight excluding hydrogens is 430 g/mol. The summed E-state index contributed by atoms with van der Waals surface area (Å²) in [5, 5.41) is 11.0. The zero-order chi connectivity index (χ0) is 24.2. The van der Waals surface area contributed by atoms with Gasteiger partial charge in [0.1, 0.15) is 5.54 Å². The summed E-state index contributed by atoms with van der Waals surface area (Å²) in [6.45, 7) is 7.24. The number of carbonyl (C=O) groups excluding carboxylic acids is 3. The maximum Gasteiger partial charge on any atom is 0.322 e. The largest absolute Gasteiger partial charge is 0.339 e. The van der Waals surface area contributed by atoms with E-state index in [2.05, 4.69) is 36.6 Å². The van der Waals surface area contributed by atoms with Gasteiger partial charge < -0.3 is 10.2 Å². The Hall–Kier alpha value is -3.68. The molecule has 2 aliphatic rings. The molecule has 3 heterocycles. The van der Waals surface area contributed by atoms with Crippen molar-refractivity contribution in [1.82, 2.24) is 25.3 Å². The van der Waals surface area contributed by atoms with E-state index in [1.807, 2.05) is 16.6 Å². The van der Waals surface area contributed by atoms with Gasteiger partial charge in [0.2, 0.25) is 0 Å². The highest BCUT2D eigenvalue weighted by atomic mass is 16.2. The van der Waals surface area contributed by atoms with Gasteiger partial charge in [0.05, 0.1) is 11.2 Å². The molecule has 5 rings (SSSR count). The summed E-state index contributed by atoms with van der Waals surface area (Å²) in [6.07, 6.45) is 1.74. The molecule has 176 valence electrons. The summed E-state index contributed by atoms with van der Waals surface area (Å²) in [7, 11) is 1.99. The van der Waals surface area contributed by atoms with Crippen LogP contribution in [-0.2, 0) is 17.4 Å². The second-order valence-corrected chi connectivity index (χ2v) is 9.66. The van der Waals surface area contributed by atoms with Crippen LogP contribution in [0.1, 0.15) is 58.4 Å². The maximum atomic E-state index is 13.1. The average molecular weight is 460 g/mol. The molecule has 4 amide bonds. The van der Waals surface area contributed by atoms with Crippen LogP contribution in [0.25, 0.3) is 10.9 Å². The number of amides is 4. The van der Waals surface area contributed by atoms with Gasteiger partial charge in [-0.05, 0) is 68.5 Å². The monoisotopic (exact) mass is 459 g/mol. The number of rotatable bonds is 3. The molecule has 2 N–H and O–H groups in total. The van der Waals surface area contributed by atoms with E-state index in [0.717, 1.165) is 24.1 Å². The van der Waals surface area contributed by atoms with Gasteiger partial charge in [0, 0.05) is 37.0 Å². The summed E-state index contributed by atoms with van der Waals surface area (Å²) in [5.41, 5.74) is 4.86. The van der Waals surface area contributed by atoms with E-state index in [1.54, 1.807) is 31.2 Å². The molecule has 2 aliphatic heterocycles. The van der Waals surface area contributed by atoms with Crippen LogP contribution in [-0.4, -0.2) is 45.6 Å². The van der Waals surface area contributed by atoms with Crippen LogP contribution < -0.4 is 10.6 Å². The molecule has 0 spiro atoms. The SMILES string of the molecule is Cc1cc(C)c2c(C3CCN(C(=O)c4ccc([C@@]5(C)NC(=O)NC5=O)cc4)CC3)nn(C)c2c1. The van der Waals surface area contributed by atoms with Crippen LogP contribution in [0.2, 0.25) is 0 Å². The van der Waals surface area contributed by atoms with E-state index in [4.69, 9.17) is 5.10 Å². The number of nitrogens with zero attached hydrogens (tertiary/aromatic N) is 3. The number of likely N-dealkylation sites (tertiary alicyclic amines) is 1. The van der Waals surface area contributed by atoms with Gasteiger partial charge in [-0.3, -0.25) is 19.6 Å². The molecule has 3 aromatic rings. The fourth-order valence-corrected chi connectivity index (χ4v) is 5.32. The van der Waals surface area contributed by atoms with E-state index in [0.29, 0.717) is 30.1 Å². The fourth-order valence-electron chi connectivity index (χ4n) is 5.32. The van der Waals surface area contributed by atoms with Gasteiger partial charge in [-0.15, -0.1) is 0 Å². The molecule has 0 bridgehead atoms. The maximum absolute atomic E-state index is 13.1. The molecule has 1 aromatic heterocycles. The molecule has 2 fully saturated rings. The molecule has 0 saturated carbocycles. The summed E-state index contributed by atoms with van der Waals surface area (Å²) in [4.78, 5) is 38.7. The van der Waals surface area contributed by atoms with Crippen molar-refractivity contribution in [1.29, 1.82) is 0 Å². The lowest BCUT2D eigenvalue weighted by Gasteiger charge is -2.31. The Labute approximate surface area is 198 Å². The molecule has 0 radical (unpaired) electrons. The van der Waals surface area contributed by atoms with Gasteiger partial charge in [0.25, 0.3) is 11.8 Å². The highest BCUT2D eigenvalue weighted by Gasteiger charge is 2.43. The lowest BCUT2D eigenvalue weighted by atomic mass is 9.89. The third-order valence-electron chi connectivity index (χ3n) is 7.24. The number of fused-ring (bicyclic) bond motifs is 1. The van der Waals surface area contributed by atoms with Crippen molar-refractivity contribution in [2.75, 3.05) is 13.1 Å². The quantitative estimate of drug-likeness (QED) is 0.588. The van der Waals surface area contributed by atoms with Gasteiger partial charge in [0.15, 0.2) is 0 Å². The zero-order valence-corrected chi connectivity index (χ0v) is 19.9. The number of hydrogen-bond donors (Lipinski definition) is 2. The minimum absolute atomic E-state index is 0.0206. The standard InChI is InChI=1S/C26H29N5O3/c1-15-13-16(2)21-20(14-15)30(4)29-22(21)17-9-11-31(12-10-17)23(32)18-5-7-19(8-6-18)26(3)24(33)27-25(34)28-26/h5-8,13-14,17H,9-12H2,1-4H3,(H2,27,28,33,34)/t26-/m1/s1. The Morgan fingerprint density at radius 2 is 1.76 bits per heavy atom. The molecular formula is C26H29N5O3. The minimum atomic E-state index is -1.13. The minimum Gasteiger partial charge on any atom is -0.339 e. The summed E-state index contributed by atoms with van der Waals surface area (Å²) < 4.78 is 1.97. The Balaban J connectivity index is 1.29. The predicted molar refractivity (Wildman–Crippen MR) is 129 cm³/mol. The molecule has 2 aromatic carbocycles. The summed E-state index contributed by atoms with van der Waals surface area (Å²) in [6, 6.07) is 10.8. The Morgan fingerprint density at radius 3 is 2.38 bits per heavy atom. The van der Waals surface area contributed by atoms with E-state index in [9.17, 15) is 14.4 Å². The van der Waals surface area contributed by atoms with Crippen molar-refractivity contribution in [3.63, 3.8) is 0 Å². The zero-order valence-electron chi connectivity index (χ0n) is 19.9. The second-order valence-electron chi connectivity index (χ2n) is 9.66.